The summed E-state index contributed by atoms with van der Waals surface area (Å²) >= 11 is 0. The van der Waals surface area contributed by atoms with E-state index in [4.69, 9.17) is 13.1 Å². The molecule has 200 valence electrons. The van der Waals surface area contributed by atoms with Gasteiger partial charge in [0.05, 0.1) is 48.5 Å². The Kier molecular flexibility index (Phi) is 6.39. The van der Waals surface area contributed by atoms with Crippen molar-refractivity contribution in [3.8, 4) is 46.5 Å². The number of hydrogen-bond donors (Lipinski definition) is 0. The molecule has 0 bridgehead atoms. The van der Waals surface area contributed by atoms with E-state index in [1.165, 1.54) is 24.3 Å². The summed E-state index contributed by atoms with van der Waals surface area (Å²) in [5.41, 5.74) is 5.46. The number of nitrogens with zero attached hydrogens (tertiary/aromatic N) is 6. The lowest BCUT2D eigenvalue weighted by atomic mass is 9.87. The van der Waals surface area contributed by atoms with Crippen molar-refractivity contribution in [2.45, 2.75) is 0 Å². The van der Waals surface area contributed by atoms with E-state index in [0.29, 0.717) is 66.8 Å². The zero-order valence-electron chi connectivity index (χ0n) is 22.4. The lowest BCUT2D eigenvalue weighted by Gasteiger charge is -2.15. The molecule has 0 saturated heterocycles. The Morgan fingerprint density at radius 1 is 0.523 bits per heavy atom. The Morgan fingerprint density at radius 2 is 0.909 bits per heavy atom. The van der Waals surface area contributed by atoms with E-state index in [9.17, 15) is 29.8 Å². The maximum absolute atomic E-state index is 13.9. The van der Waals surface area contributed by atoms with Crippen LogP contribution >= 0.6 is 0 Å². The fourth-order valence-corrected chi connectivity index (χ4v) is 5.82. The smallest absolute Gasteiger partial charge is 0.226 e. The quantitative estimate of drug-likeness (QED) is 0.180. The minimum atomic E-state index is -0.568. The van der Waals surface area contributed by atoms with Gasteiger partial charge in [-0.25, -0.2) is 29.0 Å². The summed E-state index contributed by atoms with van der Waals surface area (Å²) in [6.45, 7) is 15.5. The molecule has 0 aliphatic heterocycles. The van der Waals surface area contributed by atoms with Crippen molar-refractivity contribution in [1.82, 2.24) is 0 Å². The lowest BCUT2D eigenvalue weighted by Crippen LogP contribution is -1.97. The van der Waals surface area contributed by atoms with E-state index in [1.54, 1.807) is 36.4 Å². The number of nitriles is 4. The Balaban J connectivity index is 1.72. The van der Waals surface area contributed by atoms with Crippen LogP contribution in [0.15, 0.2) is 84.2 Å². The van der Waals surface area contributed by atoms with Gasteiger partial charge in [-0.3, -0.25) is 0 Å². The van der Waals surface area contributed by atoms with Crippen LogP contribution in [-0.2, 0) is 0 Å². The molecule has 2 aliphatic carbocycles. The molecule has 0 atom stereocenters. The number of halogens is 2. The van der Waals surface area contributed by atoms with Gasteiger partial charge in [0, 0.05) is 11.1 Å². The van der Waals surface area contributed by atoms with Gasteiger partial charge in [-0.2, -0.15) is 10.5 Å². The molecule has 0 spiro atoms. The molecule has 0 aromatic heterocycles. The number of benzene rings is 4. The van der Waals surface area contributed by atoms with Crippen LogP contribution in [-0.4, -0.2) is 0 Å². The van der Waals surface area contributed by atoms with E-state index in [0.717, 1.165) is 12.1 Å². The van der Waals surface area contributed by atoms with Crippen LogP contribution in [0.4, 0.5) is 8.78 Å². The van der Waals surface area contributed by atoms with Gasteiger partial charge in [0.15, 0.2) is 0 Å². The van der Waals surface area contributed by atoms with Gasteiger partial charge in [-0.1, -0.05) is 36.4 Å². The first-order valence-corrected chi connectivity index (χ1v) is 12.9. The summed E-state index contributed by atoms with van der Waals surface area (Å²) in [4.78, 5) is 6.98. The third-order valence-electron chi connectivity index (χ3n) is 7.60. The van der Waals surface area contributed by atoms with Crippen LogP contribution < -0.4 is 0 Å². The van der Waals surface area contributed by atoms with Crippen LogP contribution in [0, 0.1) is 70.1 Å². The molecule has 44 heavy (non-hydrogen) atoms. The highest BCUT2D eigenvalue weighted by molar-refractivity contribution is 6.37. The van der Waals surface area contributed by atoms with Gasteiger partial charge < -0.3 is 0 Å². The summed E-state index contributed by atoms with van der Waals surface area (Å²) in [7, 11) is 0. The third-order valence-corrected chi connectivity index (χ3v) is 7.60. The zero-order chi connectivity index (χ0) is 31.1. The Morgan fingerprint density at radius 3 is 1.25 bits per heavy atom. The van der Waals surface area contributed by atoms with Crippen LogP contribution in [0.25, 0.3) is 54.2 Å². The highest BCUT2D eigenvalue weighted by Crippen LogP contribution is 2.60. The van der Waals surface area contributed by atoms with Crippen LogP contribution in [0.5, 0.6) is 0 Å². The number of fused-ring (bicyclic) bond motifs is 4. The van der Waals surface area contributed by atoms with E-state index in [1.807, 2.05) is 24.3 Å². The van der Waals surface area contributed by atoms with Crippen molar-refractivity contribution < 1.29 is 8.78 Å². The summed E-state index contributed by atoms with van der Waals surface area (Å²) in [6.07, 6.45) is 0. The predicted molar refractivity (Wildman–Crippen MR) is 158 cm³/mol. The molecule has 8 heteroatoms. The molecular weight excluding hydrogens is 554 g/mol. The minimum Gasteiger partial charge on any atom is -0.226 e. The molecule has 0 heterocycles. The molecule has 0 amide bonds. The molecule has 6 rings (SSSR count). The number of rotatable bonds is 2. The largest absolute Gasteiger partial charge is 0.270 e. The van der Waals surface area contributed by atoms with Crippen LogP contribution in [0.1, 0.15) is 33.4 Å². The maximum atomic E-state index is 13.9. The number of hydrogen-bond acceptors (Lipinski definition) is 4. The topological polar surface area (TPSA) is 104 Å². The van der Waals surface area contributed by atoms with E-state index in [-0.39, 0.29) is 22.5 Å². The van der Waals surface area contributed by atoms with Crippen molar-refractivity contribution in [2.24, 2.45) is 0 Å². The van der Waals surface area contributed by atoms with Gasteiger partial charge in [-0.05, 0) is 92.1 Å². The van der Waals surface area contributed by atoms with Crippen molar-refractivity contribution in [1.29, 1.82) is 21.0 Å². The first kappa shape index (κ1) is 27.1. The standard InChI is InChI=1S/C36H12F2N6/c1-43-31(17-41)33-27-7-3-19(25-9-5-23(37)11-21(25)15-39)13-29(27)36-34(32(18-42)44-2)28-8-4-20(14-30(28)35(33)36)26-10-6-24(38)12-22(26)16-40/h3-14H/b33-31-,34-32+. The first-order chi connectivity index (χ1) is 21.4. The molecule has 6 nitrogen and oxygen atoms in total. The average Bonchev–Trinajstić information content (AvgIpc) is 3.54. The lowest BCUT2D eigenvalue weighted by molar-refractivity contribution is 0.627. The molecule has 0 radical (unpaired) electrons. The molecule has 0 unspecified atom stereocenters. The summed E-state index contributed by atoms with van der Waals surface area (Å²) in [5.74, 6) is -1.14. The molecule has 2 aliphatic rings. The SMILES string of the molecule is [C-]#[N+]/C(C#N)=C1C2=C(/C(=C(\C#N)[N+]#[C-])c3ccc(-c4ccc(F)cc4C#N)cc32)c2cc(-c3ccc(F)cc3C#N)ccc2\1. The average molecular weight is 567 g/mol. The molecular formula is C36H12F2N6. The zero-order valence-corrected chi connectivity index (χ0v) is 22.4. The van der Waals surface area contributed by atoms with Crippen molar-refractivity contribution in [2.75, 3.05) is 0 Å². The summed E-state index contributed by atoms with van der Waals surface area (Å²) in [6, 6.07) is 25.9. The second-order valence-corrected chi connectivity index (χ2v) is 9.77. The number of allylic oxidation sites excluding steroid dienone is 6. The van der Waals surface area contributed by atoms with Gasteiger partial charge in [0.1, 0.15) is 11.6 Å². The predicted octanol–water partition coefficient (Wildman–Crippen LogP) is 8.29. The Bertz CT molecular complexity index is 2170. The third kappa shape index (κ3) is 3.94. The molecule has 0 saturated carbocycles. The summed E-state index contributed by atoms with van der Waals surface area (Å²) in [5, 5.41) is 39.4. The molecule has 0 N–H and O–H groups in total. The molecule has 4 aromatic rings. The van der Waals surface area contributed by atoms with E-state index < -0.39 is 11.6 Å². The normalized spacial score (nSPS) is 14.5. The highest BCUT2D eigenvalue weighted by atomic mass is 19.1. The van der Waals surface area contributed by atoms with Gasteiger partial charge in [0.2, 0.25) is 0 Å². The molecule has 0 fully saturated rings. The van der Waals surface area contributed by atoms with Crippen LogP contribution in [0.2, 0.25) is 0 Å². The summed E-state index contributed by atoms with van der Waals surface area (Å²) < 4.78 is 27.9. The van der Waals surface area contributed by atoms with Crippen LogP contribution in [0.3, 0.4) is 0 Å². The highest BCUT2D eigenvalue weighted by Gasteiger charge is 2.40. The van der Waals surface area contributed by atoms with Crippen molar-refractivity contribution >= 4 is 22.3 Å². The first-order valence-electron chi connectivity index (χ1n) is 12.9. The second-order valence-electron chi connectivity index (χ2n) is 9.77. The van der Waals surface area contributed by atoms with Crippen molar-refractivity contribution in [3.05, 3.63) is 152 Å². The van der Waals surface area contributed by atoms with Gasteiger partial charge >= 0.3 is 0 Å². The maximum Gasteiger partial charge on any atom is 0.270 e. The fraction of sp³-hybridized carbons (Fsp3) is 0. The van der Waals surface area contributed by atoms with Gasteiger partial charge in [-0.15, -0.1) is 0 Å². The van der Waals surface area contributed by atoms with E-state index >= 15 is 0 Å². The molecule has 4 aromatic carbocycles. The van der Waals surface area contributed by atoms with Crippen molar-refractivity contribution in [3.63, 3.8) is 0 Å². The van der Waals surface area contributed by atoms with E-state index in [2.05, 4.69) is 9.69 Å². The fourth-order valence-electron chi connectivity index (χ4n) is 5.82. The minimum absolute atomic E-state index is 0.105. The second kappa shape index (κ2) is 10.4. The monoisotopic (exact) mass is 566 g/mol. The Hall–Kier alpha value is -7.10. The van der Waals surface area contributed by atoms with Gasteiger partial charge in [0.25, 0.3) is 11.4 Å². The Labute approximate surface area is 250 Å².